The van der Waals surface area contributed by atoms with Crippen LogP contribution >= 0.6 is 11.3 Å². The molecule has 0 radical (unpaired) electrons. The highest BCUT2D eigenvalue weighted by Crippen LogP contribution is 2.46. The van der Waals surface area contributed by atoms with Crippen LogP contribution in [0.25, 0.3) is 21.2 Å². The molecule has 0 bridgehead atoms. The van der Waals surface area contributed by atoms with Crippen molar-refractivity contribution in [2.45, 2.75) is 39.7 Å². The summed E-state index contributed by atoms with van der Waals surface area (Å²) < 4.78 is 0. The van der Waals surface area contributed by atoms with Crippen LogP contribution in [0.5, 0.6) is 0 Å². The summed E-state index contributed by atoms with van der Waals surface area (Å²) in [4.78, 5) is 14.4. The molecular weight excluding hydrogens is 354 g/mol. The van der Waals surface area contributed by atoms with Gasteiger partial charge in [0.1, 0.15) is 0 Å². The molecule has 0 fully saturated rings. The van der Waals surface area contributed by atoms with Gasteiger partial charge >= 0.3 is 5.97 Å². The molecule has 0 aliphatic heterocycles. The second-order valence-corrected chi connectivity index (χ2v) is 9.31. The molecule has 140 valence electrons. The van der Waals surface area contributed by atoms with Crippen molar-refractivity contribution in [3.63, 3.8) is 0 Å². The molecule has 27 heavy (non-hydrogen) atoms. The van der Waals surface area contributed by atoms with E-state index in [-0.39, 0.29) is 5.41 Å². The Labute approximate surface area is 164 Å². The molecule has 0 atom stereocenters. The van der Waals surface area contributed by atoms with Gasteiger partial charge in [-0.1, -0.05) is 50.2 Å². The fourth-order valence-corrected chi connectivity index (χ4v) is 5.59. The Hall–Kier alpha value is -2.17. The molecule has 3 aromatic rings. The molecule has 0 unspecified atom stereocenters. The summed E-state index contributed by atoms with van der Waals surface area (Å²) in [6.07, 6.45) is 2.93. The van der Waals surface area contributed by atoms with Crippen LogP contribution in [0.2, 0.25) is 0 Å². The number of rotatable bonds is 4. The molecule has 2 N–H and O–H groups in total. The molecule has 2 aromatic carbocycles. The van der Waals surface area contributed by atoms with Gasteiger partial charge in [-0.15, -0.1) is 11.3 Å². The van der Waals surface area contributed by atoms with Crippen molar-refractivity contribution < 1.29 is 9.90 Å². The highest BCUT2D eigenvalue weighted by molar-refractivity contribution is 7.16. The molecule has 4 heteroatoms. The molecule has 0 saturated heterocycles. The van der Waals surface area contributed by atoms with Gasteiger partial charge in [0.15, 0.2) is 0 Å². The van der Waals surface area contributed by atoms with E-state index in [0.29, 0.717) is 5.56 Å². The van der Waals surface area contributed by atoms with Gasteiger partial charge in [0, 0.05) is 21.9 Å². The third-order valence-corrected chi connectivity index (χ3v) is 6.94. The lowest BCUT2D eigenvalue weighted by atomic mass is 9.76. The number of carboxylic acids is 1. The number of hydrogen-bond donors (Lipinski definition) is 2. The number of hydrogen-bond acceptors (Lipinski definition) is 3. The first-order valence-electron chi connectivity index (χ1n) is 9.45. The molecule has 3 nitrogen and oxygen atoms in total. The zero-order valence-electron chi connectivity index (χ0n) is 16.1. The summed E-state index contributed by atoms with van der Waals surface area (Å²) in [7, 11) is 1.94. The van der Waals surface area contributed by atoms with Crippen molar-refractivity contribution in [1.82, 2.24) is 5.32 Å². The maximum atomic E-state index is 12.2. The third kappa shape index (κ3) is 3.17. The van der Waals surface area contributed by atoms with Crippen LogP contribution in [0.3, 0.4) is 0 Å². The summed E-state index contributed by atoms with van der Waals surface area (Å²) in [6.45, 7) is 5.27. The highest BCUT2D eigenvalue weighted by atomic mass is 32.1. The van der Waals surface area contributed by atoms with Crippen LogP contribution in [-0.4, -0.2) is 18.1 Å². The molecule has 0 amide bonds. The van der Waals surface area contributed by atoms with Gasteiger partial charge < -0.3 is 10.4 Å². The van der Waals surface area contributed by atoms with Gasteiger partial charge in [-0.3, -0.25) is 0 Å². The van der Waals surface area contributed by atoms with Crippen molar-refractivity contribution in [2.75, 3.05) is 7.05 Å². The minimum atomic E-state index is -0.802. The molecule has 0 spiro atoms. The van der Waals surface area contributed by atoms with Crippen LogP contribution < -0.4 is 5.32 Å². The fraction of sp³-hybridized carbons (Fsp3) is 0.348. The quantitative estimate of drug-likeness (QED) is 0.629. The first-order chi connectivity index (χ1) is 12.9. The number of nitrogens with one attached hydrogen (secondary N) is 1. The lowest BCUT2D eigenvalue weighted by Gasteiger charge is -2.29. The average Bonchev–Trinajstić information content (AvgIpc) is 2.99. The van der Waals surface area contributed by atoms with E-state index < -0.39 is 5.97 Å². The van der Waals surface area contributed by atoms with Crippen molar-refractivity contribution in [3.05, 3.63) is 58.0 Å². The molecule has 0 saturated carbocycles. The number of fused-ring (bicyclic) bond motifs is 2. The van der Waals surface area contributed by atoms with Gasteiger partial charge in [-0.05, 0) is 53.6 Å². The molecule has 1 aliphatic rings. The maximum Gasteiger partial charge on any atom is 0.337 e. The predicted molar refractivity (Wildman–Crippen MR) is 113 cm³/mol. The van der Waals surface area contributed by atoms with E-state index in [0.717, 1.165) is 47.2 Å². The lowest BCUT2D eigenvalue weighted by Crippen LogP contribution is -2.22. The van der Waals surface area contributed by atoms with Crippen molar-refractivity contribution >= 4 is 28.1 Å². The van der Waals surface area contributed by atoms with Crippen molar-refractivity contribution in [1.29, 1.82) is 0 Å². The summed E-state index contributed by atoms with van der Waals surface area (Å²) >= 11 is 1.68. The van der Waals surface area contributed by atoms with Gasteiger partial charge in [0.25, 0.3) is 0 Å². The summed E-state index contributed by atoms with van der Waals surface area (Å²) in [6, 6.07) is 12.5. The summed E-state index contributed by atoms with van der Waals surface area (Å²) in [5.74, 6) is -0.802. The largest absolute Gasteiger partial charge is 0.478 e. The van der Waals surface area contributed by atoms with Crippen molar-refractivity contribution in [3.8, 4) is 10.4 Å². The van der Waals surface area contributed by atoms with E-state index in [1.807, 2.05) is 19.2 Å². The Morgan fingerprint density at radius 1 is 1.19 bits per heavy atom. The summed E-state index contributed by atoms with van der Waals surface area (Å²) in [5, 5.41) is 15.6. The zero-order chi connectivity index (χ0) is 19.2. The lowest BCUT2D eigenvalue weighted by molar-refractivity contribution is 0.0696. The second-order valence-electron chi connectivity index (χ2n) is 8.20. The molecule has 1 aliphatic carbocycles. The molecule has 4 rings (SSSR count). The zero-order valence-corrected chi connectivity index (χ0v) is 16.9. The van der Waals surface area contributed by atoms with Crippen LogP contribution in [0, 0.1) is 5.41 Å². The SMILES string of the molecule is CNCc1ccc(-c2sc3c(c2C(=O)O)CC(C)(C)CC3)c2ccccc12. The fourth-order valence-electron chi connectivity index (χ4n) is 4.24. The van der Waals surface area contributed by atoms with Crippen LogP contribution in [0.15, 0.2) is 36.4 Å². The third-order valence-electron chi connectivity index (χ3n) is 5.61. The van der Waals surface area contributed by atoms with Gasteiger partial charge in [-0.25, -0.2) is 4.79 Å². The minimum absolute atomic E-state index is 0.161. The number of aryl methyl sites for hydroxylation is 1. The molecule has 1 aromatic heterocycles. The van der Waals surface area contributed by atoms with Crippen molar-refractivity contribution in [2.24, 2.45) is 5.41 Å². The van der Waals surface area contributed by atoms with E-state index in [9.17, 15) is 9.90 Å². The Balaban J connectivity index is 1.96. The van der Waals surface area contributed by atoms with Crippen LogP contribution in [0.1, 0.15) is 46.6 Å². The van der Waals surface area contributed by atoms with Crippen LogP contribution in [0.4, 0.5) is 0 Å². The van der Waals surface area contributed by atoms with E-state index in [1.165, 1.54) is 15.8 Å². The van der Waals surface area contributed by atoms with Gasteiger partial charge in [0.05, 0.1) is 5.56 Å². The van der Waals surface area contributed by atoms with E-state index in [2.05, 4.69) is 43.4 Å². The van der Waals surface area contributed by atoms with E-state index in [4.69, 9.17) is 0 Å². The van der Waals surface area contributed by atoms with E-state index in [1.54, 1.807) is 11.3 Å². The number of carboxylic acid groups (broad SMARTS) is 1. The maximum absolute atomic E-state index is 12.2. The monoisotopic (exact) mass is 379 g/mol. The number of aromatic carboxylic acids is 1. The second kappa shape index (κ2) is 6.77. The Morgan fingerprint density at radius 2 is 1.93 bits per heavy atom. The standard InChI is InChI=1S/C23H25NO2S/c1-23(2)11-10-19-18(12-23)20(22(25)26)21(27-19)17-9-8-14(13-24-3)15-6-4-5-7-16(15)17/h4-9,24H,10-13H2,1-3H3,(H,25,26). The first kappa shape index (κ1) is 18.2. The first-order valence-corrected chi connectivity index (χ1v) is 10.3. The van der Waals surface area contributed by atoms with Crippen LogP contribution in [-0.2, 0) is 19.4 Å². The minimum Gasteiger partial charge on any atom is -0.478 e. The normalized spacial score (nSPS) is 15.7. The number of thiophene rings is 1. The number of carbonyl (C=O) groups is 1. The summed E-state index contributed by atoms with van der Waals surface area (Å²) in [5.41, 5.74) is 4.02. The Kier molecular flexibility index (Phi) is 4.57. The highest BCUT2D eigenvalue weighted by Gasteiger charge is 2.33. The predicted octanol–water partition coefficient (Wildman–Crippen LogP) is 5.50. The Morgan fingerprint density at radius 3 is 2.63 bits per heavy atom. The molecule has 1 heterocycles. The Bertz CT molecular complexity index is 1030. The van der Waals surface area contributed by atoms with E-state index >= 15 is 0 Å². The topological polar surface area (TPSA) is 49.3 Å². The smallest absolute Gasteiger partial charge is 0.337 e. The van der Waals surface area contributed by atoms with Gasteiger partial charge in [0.2, 0.25) is 0 Å². The molecular formula is C23H25NO2S. The number of benzene rings is 2. The average molecular weight is 380 g/mol. The van der Waals surface area contributed by atoms with Gasteiger partial charge in [-0.2, -0.15) is 0 Å².